The van der Waals surface area contributed by atoms with Crippen molar-refractivity contribution in [1.82, 2.24) is 0 Å². The van der Waals surface area contributed by atoms with E-state index in [0.29, 0.717) is 18.1 Å². The first-order valence-electron chi connectivity index (χ1n) is 7.16. The molecule has 2 rings (SSSR count). The van der Waals surface area contributed by atoms with E-state index >= 15 is 0 Å². The fraction of sp³-hybridized carbons (Fsp3) is 0.733. The number of hydrogen-bond acceptors (Lipinski definition) is 3. The van der Waals surface area contributed by atoms with Crippen molar-refractivity contribution in [2.45, 2.75) is 38.5 Å². The van der Waals surface area contributed by atoms with Crippen LogP contribution in [0.3, 0.4) is 0 Å². The molecule has 0 aromatic heterocycles. The molecule has 0 saturated heterocycles. The van der Waals surface area contributed by atoms with Gasteiger partial charge in [0.2, 0.25) is 0 Å². The number of carboxylic acid groups (broad SMARTS) is 1. The highest BCUT2D eigenvalue weighted by molar-refractivity contribution is 5.88. The third-order valence-electron chi connectivity index (χ3n) is 4.65. The molecule has 0 heterocycles. The van der Waals surface area contributed by atoms with Crippen LogP contribution in [-0.4, -0.2) is 28.6 Å². The molecule has 2 fully saturated rings. The van der Waals surface area contributed by atoms with E-state index in [0.717, 1.165) is 25.7 Å². The van der Waals surface area contributed by atoms with Gasteiger partial charge in [-0.25, -0.2) is 0 Å². The van der Waals surface area contributed by atoms with E-state index in [9.17, 15) is 14.7 Å². The molecule has 0 radical (unpaired) electrons. The predicted octanol–water partition coefficient (Wildman–Crippen LogP) is 2.02. The maximum atomic E-state index is 12.0. The van der Waals surface area contributed by atoms with Crippen LogP contribution in [0.5, 0.6) is 0 Å². The predicted molar refractivity (Wildman–Crippen MR) is 70.5 cm³/mol. The Balaban J connectivity index is 1.78. The zero-order chi connectivity index (χ0) is 13.8. The first-order chi connectivity index (χ1) is 9.15. The van der Waals surface area contributed by atoms with Gasteiger partial charge in [-0.2, -0.15) is 0 Å². The van der Waals surface area contributed by atoms with Gasteiger partial charge in [0.15, 0.2) is 0 Å². The maximum absolute atomic E-state index is 12.0. The van der Waals surface area contributed by atoms with E-state index in [1.165, 1.54) is 0 Å². The van der Waals surface area contributed by atoms with Crippen molar-refractivity contribution >= 4 is 11.8 Å². The van der Waals surface area contributed by atoms with Crippen LogP contribution in [0, 0.1) is 23.7 Å². The average Bonchev–Trinajstić information content (AvgIpc) is 2.86. The number of rotatable bonds is 7. The van der Waals surface area contributed by atoms with Crippen molar-refractivity contribution in [3.05, 3.63) is 12.2 Å². The number of aliphatic hydroxyl groups is 1. The van der Waals surface area contributed by atoms with Crippen molar-refractivity contribution in [2.24, 2.45) is 23.7 Å². The zero-order valence-electron chi connectivity index (χ0n) is 11.1. The average molecular weight is 266 g/mol. The standard InChI is InChI=1S/C15H22O4/c16-9-13-10(11-7-8-12(13)15(11)19)5-3-1-2-4-6-14(17)18/h1,3,10-13,16H,2,4-9H2,(H,17,18)/t10-,11+,12-,13-/m1/s1. The summed E-state index contributed by atoms with van der Waals surface area (Å²) < 4.78 is 0. The fourth-order valence-electron chi connectivity index (χ4n) is 3.71. The third-order valence-corrected chi connectivity index (χ3v) is 4.65. The lowest BCUT2D eigenvalue weighted by Gasteiger charge is -2.27. The van der Waals surface area contributed by atoms with Gasteiger partial charge < -0.3 is 10.2 Å². The number of unbranched alkanes of at least 4 members (excludes halogenated alkanes) is 1. The van der Waals surface area contributed by atoms with Crippen molar-refractivity contribution < 1.29 is 19.8 Å². The normalized spacial score (nSPS) is 33.4. The Morgan fingerprint density at radius 2 is 1.89 bits per heavy atom. The Morgan fingerprint density at radius 3 is 2.53 bits per heavy atom. The number of carbonyl (C=O) groups excluding carboxylic acids is 1. The Hall–Kier alpha value is -1.16. The van der Waals surface area contributed by atoms with Crippen LogP contribution in [0.4, 0.5) is 0 Å². The van der Waals surface area contributed by atoms with E-state index in [4.69, 9.17) is 5.11 Å². The summed E-state index contributed by atoms with van der Waals surface area (Å²) in [4.78, 5) is 22.3. The minimum atomic E-state index is -0.757. The number of hydrogen-bond donors (Lipinski definition) is 2. The van der Waals surface area contributed by atoms with E-state index < -0.39 is 5.97 Å². The number of Topliss-reactive ketones (excluding diaryl/α,β-unsaturated/α-hetero) is 1. The third kappa shape index (κ3) is 3.06. The summed E-state index contributed by atoms with van der Waals surface area (Å²) in [6, 6.07) is 0. The molecule has 4 atom stereocenters. The van der Waals surface area contributed by atoms with Gasteiger partial charge >= 0.3 is 5.97 Å². The SMILES string of the molecule is O=C(O)CCCC=CC[C@H]1[C@@H](CO)[C@H]2CC[C@@H]1C2=O. The van der Waals surface area contributed by atoms with E-state index in [2.05, 4.69) is 6.08 Å². The quantitative estimate of drug-likeness (QED) is 0.546. The molecule has 4 nitrogen and oxygen atoms in total. The summed E-state index contributed by atoms with van der Waals surface area (Å²) in [6.45, 7) is 0.116. The van der Waals surface area contributed by atoms with E-state index in [-0.39, 0.29) is 30.8 Å². The Labute approximate surface area is 113 Å². The first-order valence-corrected chi connectivity index (χ1v) is 7.16. The lowest BCUT2D eigenvalue weighted by Crippen LogP contribution is -2.24. The molecular formula is C15H22O4. The molecule has 2 bridgehead atoms. The zero-order valence-corrected chi connectivity index (χ0v) is 11.1. The van der Waals surface area contributed by atoms with Gasteiger partial charge in [-0.15, -0.1) is 0 Å². The van der Waals surface area contributed by atoms with E-state index in [1.807, 2.05) is 6.08 Å². The maximum Gasteiger partial charge on any atom is 0.303 e. The molecule has 106 valence electrons. The first kappa shape index (κ1) is 14.3. The Bertz CT molecular complexity index is 374. The topological polar surface area (TPSA) is 74.6 Å². The van der Waals surface area contributed by atoms with Crippen LogP contribution in [0.1, 0.15) is 38.5 Å². The summed E-state index contributed by atoms with van der Waals surface area (Å²) in [6.07, 6.45) is 8.47. The number of aliphatic carboxylic acids is 1. The van der Waals surface area contributed by atoms with Gasteiger partial charge in [-0.3, -0.25) is 9.59 Å². The highest BCUT2D eigenvalue weighted by atomic mass is 16.4. The second kappa shape index (κ2) is 6.33. The summed E-state index contributed by atoms with van der Waals surface area (Å²) in [7, 11) is 0. The highest BCUT2D eigenvalue weighted by Gasteiger charge is 2.52. The minimum Gasteiger partial charge on any atom is -0.481 e. The van der Waals surface area contributed by atoms with Crippen LogP contribution >= 0.6 is 0 Å². The molecule has 2 saturated carbocycles. The molecule has 0 aromatic rings. The van der Waals surface area contributed by atoms with E-state index in [1.54, 1.807) is 0 Å². The summed E-state index contributed by atoms with van der Waals surface area (Å²) in [5.74, 6) is 0.309. The largest absolute Gasteiger partial charge is 0.481 e. The van der Waals surface area contributed by atoms with Crippen LogP contribution in [-0.2, 0) is 9.59 Å². The summed E-state index contributed by atoms with van der Waals surface area (Å²) in [5, 5.41) is 18.0. The Morgan fingerprint density at radius 1 is 1.21 bits per heavy atom. The van der Waals surface area contributed by atoms with Crippen molar-refractivity contribution in [3.8, 4) is 0 Å². The number of aliphatic hydroxyl groups excluding tert-OH is 1. The molecule has 2 aliphatic rings. The molecule has 0 aliphatic heterocycles. The lowest BCUT2D eigenvalue weighted by atomic mass is 9.78. The molecule has 0 aromatic carbocycles. The summed E-state index contributed by atoms with van der Waals surface area (Å²) in [5.41, 5.74) is 0. The highest BCUT2D eigenvalue weighted by Crippen LogP contribution is 2.50. The molecule has 0 amide bonds. The number of carboxylic acids is 1. The molecule has 2 aliphatic carbocycles. The number of ketones is 1. The monoisotopic (exact) mass is 266 g/mol. The van der Waals surface area contributed by atoms with Gasteiger partial charge in [0.25, 0.3) is 0 Å². The number of allylic oxidation sites excluding steroid dienone is 2. The molecule has 0 spiro atoms. The van der Waals surface area contributed by atoms with Crippen LogP contribution in [0.25, 0.3) is 0 Å². The van der Waals surface area contributed by atoms with Crippen LogP contribution < -0.4 is 0 Å². The molecule has 19 heavy (non-hydrogen) atoms. The number of fused-ring (bicyclic) bond motifs is 2. The fourth-order valence-corrected chi connectivity index (χ4v) is 3.71. The van der Waals surface area contributed by atoms with Gasteiger partial charge in [0, 0.05) is 24.9 Å². The molecular weight excluding hydrogens is 244 g/mol. The summed E-state index contributed by atoms with van der Waals surface area (Å²) >= 11 is 0. The second-order valence-corrected chi connectivity index (χ2v) is 5.70. The van der Waals surface area contributed by atoms with Gasteiger partial charge in [0.05, 0.1) is 0 Å². The van der Waals surface area contributed by atoms with Gasteiger partial charge in [-0.1, -0.05) is 12.2 Å². The number of carbonyl (C=O) groups is 2. The van der Waals surface area contributed by atoms with Crippen molar-refractivity contribution in [2.75, 3.05) is 6.61 Å². The smallest absolute Gasteiger partial charge is 0.303 e. The van der Waals surface area contributed by atoms with Crippen molar-refractivity contribution in [1.29, 1.82) is 0 Å². The van der Waals surface area contributed by atoms with Crippen LogP contribution in [0.15, 0.2) is 12.2 Å². The molecule has 0 unspecified atom stereocenters. The Kier molecular flexibility index (Phi) is 4.75. The van der Waals surface area contributed by atoms with Gasteiger partial charge in [0.1, 0.15) is 5.78 Å². The second-order valence-electron chi connectivity index (χ2n) is 5.70. The van der Waals surface area contributed by atoms with Crippen molar-refractivity contribution in [3.63, 3.8) is 0 Å². The molecule has 2 N–H and O–H groups in total. The minimum absolute atomic E-state index is 0.0976. The van der Waals surface area contributed by atoms with Gasteiger partial charge in [-0.05, 0) is 43.9 Å². The van der Waals surface area contributed by atoms with Crippen LogP contribution in [0.2, 0.25) is 0 Å². The molecule has 4 heteroatoms. The lowest BCUT2D eigenvalue weighted by molar-refractivity contribution is -0.137.